The minimum atomic E-state index is -0.289. The molecule has 3 aliphatic heterocycles. The van der Waals surface area contributed by atoms with Crippen molar-refractivity contribution in [1.82, 2.24) is 10.2 Å². The summed E-state index contributed by atoms with van der Waals surface area (Å²) in [6, 6.07) is 12.4. The summed E-state index contributed by atoms with van der Waals surface area (Å²) in [6.07, 6.45) is 3.83. The highest BCUT2D eigenvalue weighted by atomic mass is 35.5. The molecule has 182 valence electrons. The Hall–Kier alpha value is -2.24. The standard InChI is InChI=1S/C28H35ClN2O3/c1-4-13-33-24-8-6-20(15-23(24)29)19-5-7-22-21(14-19)16-28(2,3)26(22)30-27(32)34-25-17-31-11-9-18(25)10-12-31/h5-8,14-15,18,25-26H,4,9-13,16-17H2,1-3H3,(H,30,32)/t25-,26-/m0/s1. The van der Waals surface area contributed by atoms with Crippen LogP contribution in [0, 0.1) is 11.3 Å². The molecule has 3 fully saturated rings. The molecule has 0 aromatic heterocycles. The van der Waals surface area contributed by atoms with Gasteiger partial charge in [-0.3, -0.25) is 4.90 Å². The van der Waals surface area contributed by atoms with E-state index >= 15 is 0 Å². The highest BCUT2D eigenvalue weighted by molar-refractivity contribution is 6.32. The summed E-state index contributed by atoms with van der Waals surface area (Å²) in [4.78, 5) is 15.3. The van der Waals surface area contributed by atoms with Crippen LogP contribution in [0.3, 0.4) is 0 Å². The number of carbonyl (C=O) groups is 1. The van der Waals surface area contributed by atoms with Gasteiger partial charge in [-0.1, -0.05) is 56.6 Å². The summed E-state index contributed by atoms with van der Waals surface area (Å²) in [5.41, 5.74) is 4.53. The van der Waals surface area contributed by atoms with E-state index in [0.29, 0.717) is 17.5 Å². The molecule has 1 amide bonds. The average Bonchev–Trinajstić information content (AvgIpc) is 3.07. The van der Waals surface area contributed by atoms with Gasteiger partial charge < -0.3 is 14.8 Å². The van der Waals surface area contributed by atoms with Crippen LogP contribution < -0.4 is 10.1 Å². The number of hydrogen-bond donors (Lipinski definition) is 1. The predicted molar refractivity (Wildman–Crippen MR) is 135 cm³/mol. The molecule has 1 aliphatic carbocycles. The quantitative estimate of drug-likeness (QED) is 0.529. The molecule has 3 saturated heterocycles. The van der Waals surface area contributed by atoms with Crippen LogP contribution in [0.4, 0.5) is 4.79 Å². The van der Waals surface area contributed by atoms with E-state index in [1.54, 1.807) is 0 Å². The Bertz CT molecular complexity index is 1060. The molecular weight excluding hydrogens is 448 g/mol. The van der Waals surface area contributed by atoms with Gasteiger partial charge >= 0.3 is 6.09 Å². The van der Waals surface area contributed by atoms with Crippen molar-refractivity contribution in [2.45, 2.75) is 58.6 Å². The number of hydrogen-bond acceptors (Lipinski definition) is 4. The van der Waals surface area contributed by atoms with Crippen LogP contribution in [-0.2, 0) is 11.2 Å². The van der Waals surface area contributed by atoms with Crippen LogP contribution >= 0.6 is 11.6 Å². The van der Waals surface area contributed by atoms with Gasteiger partial charge in [0.15, 0.2) is 0 Å². The third-order valence-corrected chi connectivity index (χ3v) is 8.02. The number of halogens is 1. The number of carbonyl (C=O) groups excluding carboxylic acids is 1. The number of piperidine rings is 3. The van der Waals surface area contributed by atoms with E-state index in [-0.39, 0.29) is 23.7 Å². The summed E-state index contributed by atoms with van der Waals surface area (Å²) in [5, 5.41) is 3.84. The van der Waals surface area contributed by atoms with Gasteiger partial charge in [0.2, 0.25) is 0 Å². The molecule has 5 nitrogen and oxygen atoms in total. The minimum absolute atomic E-state index is 0.0166. The van der Waals surface area contributed by atoms with Gasteiger partial charge in [-0.25, -0.2) is 4.79 Å². The van der Waals surface area contributed by atoms with Gasteiger partial charge in [0.05, 0.1) is 17.7 Å². The fourth-order valence-electron chi connectivity index (χ4n) is 5.85. The molecule has 6 heteroatoms. The number of alkyl carbamates (subject to hydrolysis) is 1. The molecule has 0 radical (unpaired) electrons. The monoisotopic (exact) mass is 482 g/mol. The van der Waals surface area contributed by atoms with E-state index in [2.05, 4.69) is 55.3 Å². The van der Waals surface area contributed by atoms with Crippen molar-refractivity contribution in [3.8, 4) is 16.9 Å². The third kappa shape index (κ3) is 4.65. The summed E-state index contributed by atoms with van der Waals surface area (Å²) < 4.78 is 11.6. The van der Waals surface area contributed by atoms with Crippen molar-refractivity contribution < 1.29 is 14.3 Å². The van der Waals surface area contributed by atoms with Crippen molar-refractivity contribution in [2.75, 3.05) is 26.2 Å². The Kier molecular flexibility index (Phi) is 6.51. The van der Waals surface area contributed by atoms with Gasteiger partial charge in [-0.2, -0.15) is 0 Å². The SMILES string of the molecule is CCCOc1ccc(-c2ccc3c(c2)CC(C)(C)[C@H]3NC(=O)O[C@H]2CN3CCC2CC3)cc1Cl. The van der Waals surface area contributed by atoms with Crippen LogP contribution in [0.25, 0.3) is 11.1 Å². The lowest BCUT2D eigenvalue weighted by molar-refractivity contribution is -0.0348. The zero-order valence-corrected chi connectivity index (χ0v) is 21.2. The van der Waals surface area contributed by atoms with E-state index in [9.17, 15) is 4.79 Å². The molecule has 0 unspecified atom stereocenters. The van der Waals surface area contributed by atoms with Crippen molar-refractivity contribution in [1.29, 1.82) is 0 Å². The van der Waals surface area contributed by atoms with Gasteiger partial charge in [-0.15, -0.1) is 0 Å². The number of benzene rings is 2. The second-order valence-electron chi connectivity index (χ2n) is 10.7. The average molecular weight is 483 g/mol. The summed E-state index contributed by atoms with van der Waals surface area (Å²) in [5.74, 6) is 1.23. The molecule has 3 heterocycles. The molecule has 2 bridgehead atoms. The van der Waals surface area contributed by atoms with Crippen LogP contribution in [-0.4, -0.2) is 43.3 Å². The van der Waals surface area contributed by atoms with Gasteiger partial charge in [-0.05, 0) is 84.5 Å². The lowest BCUT2D eigenvalue weighted by atomic mass is 9.85. The molecule has 6 rings (SSSR count). The van der Waals surface area contributed by atoms with Crippen molar-refractivity contribution >= 4 is 17.7 Å². The lowest BCUT2D eigenvalue weighted by Crippen LogP contribution is -2.53. The Morgan fingerprint density at radius 1 is 1.15 bits per heavy atom. The topological polar surface area (TPSA) is 50.8 Å². The maximum absolute atomic E-state index is 12.9. The maximum atomic E-state index is 12.9. The minimum Gasteiger partial charge on any atom is -0.492 e. The number of ether oxygens (including phenoxy) is 2. The molecule has 0 spiro atoms. The Balaban J connectivity index is 1.30. The van der Waals surface area contributed by atoms with Gasteiger partial charge in [0.25, 0.3) is 0 Å². The Morgan fingerprint density at radius 2 is 1.88 bits per heavy atom. The first-order valence-corrected chi connectivity index (χ1v) is 13.0. The molecule has 1 N–H and O–H groups in total. The molecule has 2 aromatic rings. The van der Waals surface area contributed by atoms with E-state index in [4.69, 9.17) is 21.1 Å². The van der Waals surface area contributed by atoms with Crippen LogP contribution in [0.1, 0.15) is 57.2 Å². The number of rotatable bonds is 6. The Morgan fingerprint density at radius 3 is 2.56 bits per heavy atom. The molecule has 0 saturated carbocycles. The number of amides is 1. The largest absolute Gasteiger partial charge is 0.492 e. The van der Waals surface area contributed by atoms with Crippen molar-refractivity contribution in [3.05, 3.63) is 52.5 Å². The predicted octanol–water partition coefficient (Wildman–Crippen LogP) is 6.24. The van der Waals surface area contributed by atoms with E-state index in [1.807, 2.05) is 12.1 Å². The van der Waals surface area contributed by atoms with Crippen LogP contribution in [0.2, 0.25) is 5.02 Å². The first kappa shape index (κ1) is 23.5. The molecular formula is C28H35ClN2O3. The molecule has 2 atom stereocenters. The van der Waals surface area contributed by atoms with Gasteiger partial charge in [0.1, 0.15) is 11.9 Å². The van der Waals surface area contributed by atoms with E-state index in [0.717, 1.165) is 62.2 Å². The molecule has 2 aromatic carbocycles. The lowest BCUT2D eigenvalue weighted by Gasteiger charge is -2.44. The normalized spacial score (nSPS) is 26.7. The summed E-state index contributed by atoms with van der Waals surface area (Å²) in [6.45, 7) is 10.3. The van der Waals surface area contributed by atoms with Crippen LogP contribution in [0.5, 0.6) is 5.75 Å². The highest BCUT2D eigenvalue weighted by Crippen LogP contribution is 2.46. The zero-order chi connectivity index (χ0) is 23.9. The fraction of sp³-hybridized carbons (Fsp3) is 0.536. The highest BCUT2D eigenvalue weighted by Gasteiger charge is 2.42. The van der Waals surface area contributed by atoms with Gasteiger partial charge in [0, 0.05) is 6.54 Å². The fourth-order valence-corrected chi connectivity index (χ4v) is 6.09. The molecule has 4 aliphatic rings. The number of nitrogens with one attached hydrogen (secondary N) is 1. The molecule has 34 heavy (non-hydrogen) atoms. The number of nitrogens with zero attached hydrogens (tertiary/aromatic N) is 1. The zero-order valence-electron chi connectivity index (χ0n) is 20.4. The Labute approximate surface area is 207 Å². The van der Waals surface area contributed by atoms with E-state index in [1.165, 1.54) is 11.1 Å². The van der Waals surface area contributed by atoms with Crippen molar-refractivity contribution in [3.63, 3.8) is 0 Å². The number of fused-ring (bicyclic) bond motifs is 4. The third-order valence-electron chi connectivity index (χ3n) is 7.73. The smallest absolute Gasteiger partial charge is 0.407 e. The first-order chi connectivity index (χ1) is 16.3. The summed E-state index contributed by atoms with van der Waals surface area (Å²) in [7, 11) is 0. The van der Waals surface area contributed by atoms with Crippen LogP contribution in [0.15, 0.2) is 36.4 Å². The van der Waals surface area contributed by atoms with E-state index < -0.39 is 0 Å². The second kappa shape index (κ2) is 9.43. The maximum Gasteiger partial charge on any atom is 0.407 e. The van der Waals surface area contributed by atoms with Crippen molar-refractivity contribution in [2.24, 2.45) is 11.3 Å². The first-order valence-electron chi connectivity index (χ1n) is 12.6. The second-order valence-corrected chi connectivity index (χ2v) is 11.1. The summed E-state index contributed by atoms with van der Waals surface area (Å²) >= 11 is 6.47.